The number of rotatable bonds is 10. The van der Waals surface area contributed by atoms with E-state index in [2.05, 4.69) is 10.6 Å². The number of amides is 3. The maximum atomic E-state index is 15.3. The number of aryl methyl sites for hydroxylation is 2. The lowest BCUT2D eigenvalue weighted by Gasteiger charge is -2.36. The quantitative estimate of drug-likeness (QED) is 0.261. The third-order valence-corrected chi connectivity index (χ3v) is 7.71. The minimum Gasteiger partial charge on any atom is -0.508 e. The van der Waals surface area contributed by atoms with Crippen LogP contribution in [0.15, 0.2) is 42.5 Å². The second-order valence-corrected chi connectivity index (χ2v) is 11.2. The molecular weight excluding hydrogens is 520 g/mol. The first kappa shape index (κ1) is 31.0. The molecule has 218 valence electrons. The fourth-order valence-corrected chi connectivity index (χ4v) is 5.00. The van der Waals surface area contributed by atoms with Gasteiger partial charge in [0.25, 0.3) is 17.7 Å². The van der Waals surface area contributed by atoms with E-state index in [9.17, 15) is 24.6 Å². The molecule has 40 heavy (non-hydrogen) atoms. The molecule has 0 radical (unpaired) electrons. The molecule has 8 nitrogen and oxygen atoms in total. The Labute approximate surface area is 233 Å². The number of phenolic OH excluding ortho intramolecular Hbond substituents is 1. The average molecular weight is 560 g/mol. The Morgan fingerprint density at radius 3 is 2.40 bits per heavy atom. The fraction of sp³-hybridized carbons (Fsp3) is 0.500. The van der Waals surface area contributed by atoms with Gasteiger partial charge >= 0.3 is 0 Å². The van der Waals surface area contributed by atoms with E-state index in [-0.39, 0.29) is 36.3 Å². The second kappa shape index (κ2) is 11.9. The number of aliphatic hydroxyl groups is 1. The molecule has 0 saturated carbocycles. The fourth-order valence-electron chi connectivity index (χ4n) is 5.00. The van der Waals surface area contributed by atoms with Gasteiger partial charge in [-0.05, 0) is 49.9 Å². The Balaban J connectivity index is 2.01. The third-order valence-electron chi connectivity index (χ3n) is 7.71. The van der Waals surface area contributed by atoms with Crippen LogP contribution in [0.4, 0.5) is 8.78 Å². The predicted molar refractivity (Wildman–Crippen MR) is 147 cm³/mol. The van der Waals surface area contributed by atoms with Crippen molar-refractivity contribution in [2.45, 2.75) is 78.0 Å². The number of carbonyl (C=O) groups excluding carboxylic acids is 3. The van der Waals surface area contributed by atoms with E-state index in [4.69, 9.17) is 0 Å². The van der Waals surface area contributed by atoms with Gasteiger partial charge in [0, 0.05) is 24.1 Å². The maximum absolute atomic E-state index is 15.3. The number of alkyl halides is 2. The molecule has 0 aromatic heterocycles. The zero-order chi connectivity index (χ0) is 29.9. The van der Waals surface area contributed by atoms with Gasteiger partial charge in [0.15, 0.2) is 0 Å². The van der Waals surface area contributed by atoms with Crippen molar-refractivity contribution in [1.29, 1.82) is 0 Å². The number of hydrogen-bond donors (Lipinski definition) is 4. The van der Waals surface area contributed by atoms with E-state index in [1.54, 1.807) is 37.3 Å². The summed E-state index contributed by atoms with van der Waals surface area (Å²) in [6, 6.07) is 10.3. The number of benzene rings is 2. The van der Waals surface area contributed by atoms with E-state index in [1.807, 2.05) is 6.92 Å². The highest BCUT2D eigenvalue weighted by Crippen LogP contribution is 2.48. The Morgan fingerprint density at radius 2 is 1.77 bits per heavy atom. The molecule has 10 heteroatoms. The highest BCUT2D eigenvalue weighted by atomic mass is 19.3. The molecule has 1 saturated heterocycles. The summed E-state index contributed by atoms with van der Waals surface area (Å²) in [7, 11) is 0. The molecule has 0 spiro atoms. The van der Waals surface area contributed by atoms with Crippen molar-refractivity contribution in [3.8, 4) is 5.75 Å². The summed E-state index contributed by atoms with van der Waals surface area (Å²) in [6.07, 6.45) is 1.18. The van der Waals surface area contributed by atoms with Crippen LogP contribution in [0.25, 0.3) is 0 Å². The van der Waals surface area contributed by atoms with Crippen LogP contribution in [0.3, 0.4) is 0 Å². The van der Waals surface area contributed by atoms with Crippen LogP contribution in [-0.4, -0.2) is 63.6 Å². The van der Waals surface area contributed by atoms with Crippen molar-refractivity contribution in [3.63, 3.8) is 0 Å². The zero-order valence-corrected chi connectivity index (χ0v) is 23.7. The van der Waals surface area contributed by atoms with Crippen LogP contribution in [0.5, 0.6) is 5.75 Å². The van der Waals surface area contributed by atoms with Crippen LogP contribution in [0.2, 0.25) is 0 Å². The van der Waals surface area contributed by atoms with Crippen molar-refractivity contribution < 1.29 is 33.4 Å². The van der Waals surface area contributed by atoms with Crippen molar-refractivity contribution >= 4 is 17.7 Å². The van der Waals surface area contributed by atoms with Gasteiger partial charge in [0.1, 0.15) is 11.8 Å². The molecule has 4 N–H and O–H groups in total. The number of hydrogen-bond acceptors (Lipinski definition) is 5. The number of nitrogens with zero attached hydrogens (tertiary/aromatic N) is 1. The normalized spacial score (nSPS) is 19.1. The molecule has 3 rings (SSSR count). The summed E-state index contributed by atoms with van der Waals surface area (Å²) in [5, 5.41) is 27.0. The van der Waals surface area contributed by atoms with Gasteiger partial charge in [0.2, 0.25) is 11.6 Å². The van der Waals surface area contributed by atoms with E-state index in [0.29, 0.717) is 16.9 Å². The van der Waals surface area contributed by atoms with Gasteiger partial charge in [-0.2, -0.15) is 0 Å². The van der Waals surface area contributed by atoms with Gasteiger partial charge in [-0.15, -0.1) is 0 Å². The van der Waals surface area contributed by atoms with Crippen molar-refractivity contribution in [1.82, 2.24) is 15.5 Å². The first-order valence-electron chi connectivity index (χ1n) is 13.5. The molecule has 1 fully saturated rings. The Bertz CT molecular complexity index is 1250. The smallest absolute Gasteiger partial charge is 0.276 e. The molecule has 3 amide bonds. The lowest BCUT2D eigenvalue weighted by molar-refractivity contribution is -0.159. The minimum atomic E-state index is -3.45. The van der Waals surface area contributed by atoms with Crippen molar-refractivity contribution in [3.05, 3.63) is 64.7 Å². The Morgan fingerprint density at radius 1 is 1.12 bits per heavy atom. The second-order valence-electron chi connectivity index (χ2n) is 11.2. The summed E-state index contributed by atoms with van der Waals surface area (Å²) in [5.41, 5.74) is -3.02. The van der Waals surface area contributed by atoms with Crippen LogP contribution in [-0.2, 0) is 16.0 Å². The first-order valence-corrected chi connectivity index (χ1v) is 13.5. The zero-order valence-electron chi connectivity index (χ0n) is 23.7. The van der Waals surface area contributed by atoms with Crippen LogP contribution < -0.4 is 10.6 Å². The third kappa shape index (κ3) is 6.27. The van der Waals surface area contributed by atoms with Crippen LogP contribution >= 0.6 is 0 Å². The van der Waals surface area contributed by atoms with Crippen molar-refractivity contribution in [2.75, 3.05) is 13.1 Å². The predicted octanol–water partition coefficient (Wildman–Crippen LogP) is 3.85. The van der Waals surface area contributed by atoms with E-state index < -0.39 is 47.4 Å². The summed E-state index contributed by atoms with van der Waals surface area (Å²) in [4.78, 5) is 41.2. The van der Waals surface area contributed by atoms with Crippen LogP contribution in [0.1, 0.15) is 67.1 Å². The van der Waals surface area contributed by atoms with Gasteiger partial charge in [-0.1, -0.05) is 57.5 Å². The molecular formula is C30H39F2N3O5. The number of phenols is 1. The Hall–Kier alpha value is -3.53. The summed E-state index contributed by atoms with van der Waals surface area (Å²) in [6.45, 7) is 6.67. The SMILES string of the molecule is CCCCNC(=O)[C@H]1N(C(=O)[C@@](O)(CCc2ccccc2)NC(=O)c2cc(C)cc(O)c2C)CC(F)(F)C1(C)C. The molecule has 0 aliphatic carbocycles. The van der Waals surface area contributed by atoms with Crippen LogP contribution in [0, 0.1) is 19.3 Å². The summed E-state index contributed by atoms with van der Waals surface area (Å²) < 4.78 is 30.5. The van der Waals surface area contributed by atoms with Gasteiger partial charge in [-0.3, -0.25) is 14.4 Å². The number of carbonyl (C=O) groups is 3. The molecule has 1 aliphatic rings. The van der Waals surface area contributed by atoms with Gasteiger partial charge in [0.05, 0.1) is 12.0 Å². The minimum absolute atomic E-state index is 0.0179. The number of halogens is 2. The number of nitrogens with one attached hydrogen (secondary N) is 2. The molecule has 2 atom stereocenters. The number of likely N-dealkylation sites (tertiary alicyclic amines) is 1. The Kier molecular flexibility index (Phi) is 9.24. The lowest BCUT2D eigenvalue weighted by atomic mass is 9.81. The van der Waals surface area contributed by atoms with Crippen molar-refractivity contribution in [2.24, 2.45) is 5.41 Å². The number of aromatic hydroxyl groups is 1. The van der Waals surface area contributed by atoms with Gasteiger partial charge in [-0.25, -0.2) is 8.78 Å². The molecule has 0 bridgehead atoms. The molecule has 1 heterocycles. The van der Waals surface area contributed by atoms with Gasteiger partial charge < -0.3 is 25.7 Å². The molecule has 2 aromatic rings. The van der Waals surface area contributed by atoms with E-state index in [1.165, 1.54) is 32.9 Å². The summed E-state index contributed by atoms with van der Waals surface area (Å²) in [5.74, 6) is -6.41. The number of unbranched alkanes of at least 4 members (excludes halogenated alkanes) is 1. The van der Waals surface area contributed by atoms with E-state index >= 15 is 8.78 Å². The highest BCUT2D eigenvalue weighted by Gasteiger charge is 2.65. The lowest BCUT2D eigenvalue weighted by Crippen LogP contribution is -2.63. The summed E-state index contributed by atoms with van der Waals surface area (Å²) >= 11 is 0. The topological polar surface area (TPSA) is 119 Å². The maximum Gasteiger partial charge on any atom is 0.276 e. The molecule has 1 aliphatic heterocycles. The standard InChI is InChI=1S/C30H39F2N3O5/c1-6-7-15-33-26(38)24-28(4,5)30(31,32)18-35(24)27(39)29(40,14-13-21-11-9-8-10-12-21)34-25(37)22-16-19(2)17-23(36)20(22)3/h8-12,16-17,24,36,40H,6-7,13-15,18H2,1-5H3,(H,33,38)(H,34,37)/t24-,29+/m1/s1. The monoisotopic (exact) mass is 559 g/mol. The first-order chi connectivity index (χ1) is 18.6. The molecule has 0 unspecified atom stereocenters. The highest BCUT2D eigenvalue weighted by molar-refractivity contribution is 6.01. The van der Waals surface area contributed by atoms with E-state index in [0.717, 1.165) is 12.0 Å². The largest absolute Gasteiger partial charge is 0.508 e. The average Bonchev–Trinajstić information content (AvgIpc) is 3.08. The molecule has 2 aromatic carbocycles.